The standard InChI is InChI=1S/C66H116O6/c1-4-7-10-13-16-19-22-25-28-30-32-33-35-36-38-41-44-47-50-53-56-59-65(68)71-62-63(61-70-64(67)58-55-52-49-46-43-40-27-24-21-18-15-12-9-6-3)72-66(69)60-57-54-51-48-45-42-39-37-34-31-29-26-23-20-17-14-11-8-5-2/h15,18,22,24-27,29-30,32,35-36,63H,4-14,16-17,19-21,23,28,31,33-34,37-62H2,1-3H3/b18-15-,25-22-,27-24-,29-26-,32-30-,36-35-. The molecule has 0 aromatic carbocycles. The van der Waals surface area contributed by atoms with Crippen LogP contribution in [0.4, 0.5) is 0 Å². The summed E-state index contributed by atoms with van der Waals surface area (Å²) in [4.78, 5) is 38.3. The van der Waals surface area contributed by atoms with Gasteiger partial charge in [0.15, 0.2) is 6.10 Å². The van der Waals surface area contributed by atoms with Gasteiger partial charge in [-0.3, -0.25) is 14.4 Å². The molecule has 0 rings (SSSR count). The van der Waals surface area contributed by atoms with Gasteiger partial charge >= 0.3 is 17.9 Å². The molecule has 0 aliphatic rings. The van der Waals surface area contributed by atoms with E-state index in [-0.39, 0.29) is 31.1 Å². The lowest BCUT2D eigenvalue weighted by Crippen LogP contribution is -2.30. The second-order valence-corrected chi connectivity index (χ2v) is 20.6. The fraction of sp³-hybridized carbons (Fsp3) is 0.773. The molecular formula is C66H116O6. The first kappa shape index (κ1) is 68.8. The van der Waals surface area contributed by atoms with Gasteiger partial charge < -0.3 is 14.2 Å². The van der Waals surface area contributed by atoms with Crippen LogP contribution in [0.5, 0.6) is 0 Å². The first-order valence-electron chi connectivity index (χ1n) is 30.9. The quantitative estimate of drug-likeness (QED) is 0.0261. The molecule has 0 radical (unpaired) electrons. The lowest BCUT2D eigenvalue weighted by molar-refractivity contribution is -0.167. The Bertz CT molecular complexity index is 1340. The molecule has 0 fully saturated rings. The predicted octanol–water partition coefficient (Wildman–Crippen LogP) is 20.9. The molecule has 0 N–H and O–H groups in total. The Kier molecular flexibility index (Phi) is 57.8. The smallest absolute Gasteiger partial charge is 0.306 e. The molecule has 6 heteroatoms. The van der Waals surface area contributed by atoms with Crippen molar-refractivity contribution in [1.82, 2.24) is 0 Å². The van der Waals surface area contributed by atoms with E-state index in [1.807, 2.05) is 0 Å². The van der Waals surface area contributed by atoms with E-state index in [0.29, 0.717) is 19.3 Å². The first-order chi connectivity index (χ1) is 35.5. The van der Waals surface area contributed by atoms with Crippen molar-refractivity contribution in [3.8, 4) is 0 Å². The Morgan fingerprint density at radius 3 is 0.833 bits per heavy atom. The topological polar surface area (TPSA) is 78.9 Å². The van der Waals surface area contributed by atoms with E-state index < -0.39 is 6.10 Å². The summed E-state index contributed by atoms with van der Waals surface area (Å²) in [6, 6.07) is 0. The van der Waals surface area contributed by atoms with Crippen molar-refractivity contribution in [1.29, 1.82) is 0 Å². The minimum absolute atomic E-state index is 0.0868. The van der Waals surface area contributed by atoms with Crippen molar-refractivity contribution in [3.63, 3.8) is 0 Å². The van der Waals surface area contributed by atoms with E-state index >= 15 is 0 Å². The van der Waals surface area contributed by atoms with Crippen LogP contribution in [-0.2, 0) is 28.6 Å². The van der Waals surface area contributed by atoms with Crippen LogP contribution in [-0.4, -0.2) is 37.2 Å². The monoisotopic (exact) mass is 1000 g/mol. The minimum atomic E-state index is -0.789. The van der Waals surface area contributed by atoms with Crippen molar-refractivity contribution in [3.05, 3.63) is 72.9 Å². The van der Waals surface area contributed by atoms with Crippen molar-refractivity contribution >= 4 is 17.9 Å². The molecule has 416 valence electrons. The number of rotatable bonds is 56. The van der Waals surface area contributed by atoms with Gasteiger partial charge in [0.05, 0.1) is 0 Å². The summed E-state index contributed by atoms with van der Waals surface area (Å²) in [5, 5.41) is 0. The number of unbranched alkanes of at least 4 members (excludes halogenated alkanes) is 33. The molecule has 6 nitrogen and oxygen atoms in total. The summed E-state index contributed by atoms with van der Waals surface area (Å²) < 4.78 is 16.9. The molecule has 0 bridgehead atoms. The number of hydrogen-bond donors (Lipinski definition) is 0. The van der Waals surface area contributed by atoms with E-state index in [4.69, 9.17) is 14.2 Å². The largest absolute Gasteiger partial charge is 0.462 e. The summed E-state index contributed by atoms with van der Waals surface area (Å²) in [7, 11) is 0. The maximum atomic E-state index is 12.9. The SMILES string of the molecule is CCCC/C=C\C/C=C\CCCCCCCC(=O)OCC(COC(=O)CCCCCCCC/C=C\C/C=C\C/C=C\CCCCCCC)OC(=O)CCCCCCCCCCC/C=C\CCCCCCCC. The van der Waals surface area contributed by atoms with Crippen LogP contribution in [0.2, 0.25) is 0 Å². The number of esters is 3. The Hall–Kier alpha value is -3.15. The summed E-state index contributed by atoms with van der Waals surface area (Å²) >= 11 is 0. The number of carbonyl (C=O) groups is 3. The highest BCUT2D eigenvalue weighted by Crippen LogP contribution is 2.15. The van der Waals surface area contributed by atoms with Crippen molar-refractivity contribution in [2.45, 2.75) is 316 Å². The van der Waals surface area contributed by atoms with Gasteiger partial charge in [0.25, 0.3) is 0 Å². The molecule has 0 aromatic heterocycles. The zero-order valence-corrected chi connectivity index (χ0v) is 47.7. The minimum Gasteiger partial charge on any atom is -0.462 e. The van der Waals surface area contributed by atoms with Gasteiger partial charge in [-0.1, -0.05) is 254 Å². The molecule has 0 aliphatic heterocycles. The molecule has 0 saturated heterocycles. The molecule has 72 heavy (non-hydrogen) atoms. The average Bonchev–Trinajstić information content (AvgIpc) is 3.38. The molecule has 1 atom stereocenters. The molecule has 0 aromatic rings. The van der Waals surface area contributed by atoms with E-state index in [1.165, 1.54) is 173 Å². The number of carbonyl (C=O) groups excluding carboxylic acids is 3. The first-order valence-corrected chi connectivity index (χ1v) is 30.9. The van der Waals surface area contributed by atoms with Gasteiger partial charge in [-0.25, -0.2) is 0 Å². The summed E-state index contributed by atoms with van der Waals surface area (Å²) in [6.07, 6.45) is 77.5. The summed E-state index contributed by atoms with van der Waals surface area (Å²) in [6.45, 7) is 6.59. The second kappa shape index (κ2) is 60.4. The Morgan fingerprint density at radius 2 is 0.514 bits per heavy atom. The molecule has 0 saturated carbocycles. The van der Waals surface area contributed by atoms with Gasteiger partial charge in [0.2, 0.25) is 0 Å². The van der Waals surface area contributed by atoms with Crippen LogP contribution in [0.25, 0.3) is 0 Å². The fourth-order valence-electron chi connectivity index (χ4n) is 8.70. The molecule has 0 spiro atoms. The van der Waals surface area contributed by atoms with Gasteiger partial charge in [-0.2, -0.15) is 0 Å². The third kappa shape index (κ3) is 57.7. The highest BCUT2D eigenvalue weighted by molar-refractivity contribution is 5.71. The van der Waals surface area contributed by atoms with Crippen LogP contribution in [0.3, 0.4) is 0 Å². The van der Waals surface area contributed by atoms with Crippen LogP contribution >= 0.6 is 0 Å². The molecule has 1 unspecified atom stereocenters. The number of ether oxygens (including phenoxy) is 3. The van der Waals surface area contributed by atoms with Crippen LogP contribution in [0.1, 0.15) is 310 Å². The van der Waals surface area contributed by atoms with E-state index in [0.717, 1.165) is 96.3 Å². The molecule has 0 aliphatic carbocycles. The van der Waals surface area contributed by atoms with Gasteiger partial charge in [0.1, 0.15) is 13.2 Å². The molecule has 0 amide bonds. The fourth-order valence-corrected chi connectivity index (χ4v) is 8.70. The van der Waals surface area contributed by atoms with E-state index in [9.17, 15) is 14.4 Å². The Labute approximate surface area is 446 Å². The number of allylic oxidation sites excluding steroid dienone is 12. The van der Waals surface area contributed by atoms with E-state index in [1.54, 1.807) is 0 Å². The lowest BCUT2D eigenvalue weighted by Gasteiger charge is -2.18. The maximum Gasteiger partial charge on any atom is 0.306 e. The Balaban J connectivity index is 4.39. The van der Waals surface area contributed by atoms with Crippen molar-refractivity contribution < 1.29 is 28.6 Å². The Morgan fingerprint density at radius 1 is 0.278 bits per heavy atom. The second-order valence-electron chi connectivity index (χ2n) is 20.6. The average molecular weight is 1010 g/mol. The maximum absolute atomic E-state index is 12.9. The number of hydrogen-bond acceptors (Lipinski definition) is 6. The van der Waals surface area contributed by atoms with Gasteiger partial charge in [-0.05, 0) is 109 Å². The highest BCUT2D eigenvalue weighted by atomic mass is 16.6. The zero-order chi connectivity index (χ0) is 52.2. The highest BCUT2D eigenvalue weighted by Gasteiger charge is 2.19. The normalized spacial score (nSPS) is 12.5. The third-order valence-corrected chi connectivity index (χ3v) is 13.4. The lowest BCUT2D eigenvalue weighted by atomic mass is 10.1. The van der Waals surface area contributed by atoms with Crippen LogP contribution in [0.15, 0.2) is 72.9 Å². The van der Waals surface area contributed by atoms with Crippen LogP contribution in [0, 0.1) is 0 Å². The summed E-state index contributed by atoms with van der Waals surface area (Å²) in [5.74, 6) is -0.903. The zero-order valence-electron chi connectivity index (χ0n) is 47.7. The van der Waals surface area contributed by atoms with Crippen LogP contribution < -0.4 is 0 Å². The van der Waals surface area contributed by atoms with Crippen molar-refractivity contribution in [2.24, 2.45) is 0 Å². The van der Waals surface area contributed by atoms with E-state index in [2.05, 4.69) is 93.7 Å². The third-order valence-electron chi connectivity index (χ3n) is 13.4. The molecular weight excluding hydrogens is 889 g/mol. The van der Waals surface area contributed by atoms with Gasteiger partial charge in [0, 0.05) is 19.3 Å². The van der Waals surface area contributed by atoms with Gasteiger partial charge in [-0.15, -0.1) is 0 Å². The summed E-state index contributed by atoms with van der Waals surface area (Å²) in [5.41, 5.74) is 0. The predicted molar refractivity (Wildman–Crippen MR) is 311 cm³/mol. The molecule has 0 heterocycles. The van der Waals surface area contributed by atoms with Crippen molar-refractivity contribution in [2.75, 3.05) is 13.2 Å².